The van der Waals surface area contributed by atoms with Crippen molar-refractivity contribution in [1.29, 1.82) is 0 Å². The maximum absolute atomic E-state index is 2.71. The fourth-order valence-electron chi connectivity index (χ4n) is 6.12. The molecule has 4 fully saturated rings. The van der Waals surface area contributed by atoms with Crippen molar-refractivity contribution < 1.29 is 0 Å². The maximum atomic E-state index is 2.71. The van der Waals surface area contributed by atoms with Crippen molar-refractivity contribution in [1.82, 2.24) is 16.0 Å². The van der Waals surface area contributed by atoms with Crippen LogP contribution in [0.3, 0.4) is 0 Å². The third-order valence-corrected chi connectivity index (χ3v) is 9.62. The third kappa shape index (κ3) is 3.41. The maximum Gasteiger partial charge on any atom is 0.0246 e. The van der Waals surface area contributed by atoms with Gasteiger partial charge >= 0.3 is 0 Å². The molecule has 4 rings (SSSR count). The first-order valence-electron chi connectivity index (χ1n) is 9.62. The number of rotatable bonds is 1. The Labute approximate surface area is 175 Å². The van der Waals surface area contributed by atoms with E-state index < -0.39 is 0 Å². The van der Waals surface area contributed by atoms with Crippen LogP contribution < -0.4 is 0 Å². The minimum Gasteiger partial charge on any atom is -0.306 e. The SMILES string of the molecule is CN1CCC2(CC1)CCN(I)CC2C1CC2(CCN1I)CN(C)C2. The van der Waals surface area contributed by atoms with E-state index in [0.717, 1.165) is 12.0 Å². The number of nitrogens with zero attached hydrogens (tertiary/aromatic N) is 4. The second-order valence-corrected chi connectivity index (χ2v) is 11.8. The Hall–Kier alpha value is 1.30. The summed E-state index contributed by atoms with van der Waals surface area (Å²) >= 11 is 5.25. The number of halogens is 2. The molecule has 0 amide bonds. The molecule has 0 aromatic heterocycles. The van der Waals surface area contributed by atoms with E-state index in [1.54, 1.807) is 0 Å². The average Bonchev–Trinajstić information content (AvgIpc) is 2.53. The summed E-state index contributed by atoms with van der Waals surface area (Å²) in [6.07, 6.45) is 7.11. The number of likely N-dealkylation sites (tertiary alicyclic amines) is 2. The highest BCUT2D eigenvalue weighted by Crippen LogP contribution is 2.53. The molecule has 0 N–H and O–H groups in total. The molecule has 0 aliphatic carbocycles. The predicted octanol–water partition coefficient (Wildman–Crippen LogP) is 3.12. The monoisotopic (exact) mass is 558 g/mol. The Morgan fingerprint density at radius 2 is 1.50 bits per heavy atom. The molecule has 6 heteroatoms. The molecular formula is C18H32I2N4. The molecule has 24 heavy (non-hydrogen) atoms. The van der Waals surface area contributed by atoms with Crippen molar-refractivity contribution in [3.8, 4) is 0 Å². The minimum atomic E-state index is 0.608. The summed E-state index contributed by atoms with van der Waals surface area (Å²) in [4.78, 5) is 5.07. The Morgan fingerprint density at radius 3 is 2.17 bits per heavy atom. The highest BCUT2D eigenvalue weighted by molar-refractivity contribution is 14.1. The van der Waals surface area contributed by atoms with Crippen molar-refractivity contribution in [3.05, 3.63) is 0 Å². The van der Waals surface area contributed by atoms with Gasteiger partial charge in [0.25, 0.3) is 0 Å². The summed E-state index contributed by atoms with van der Waals surface area (Å²) in [6.45, 7) is 9.18. The minimum absolute atomic E-state index is 0.608. The largest absolute Gasteiger partial charge is 0.306 e. The molecule has 0 aromatic carbocycles. The molecule has 0 aromatic rings. The van der Waals surface area contributed by atoms with Crippen LogP contribution in [0.15, 0.2) is 0 Å². The van der Waals surface area contributed by atoms with Crippen LogP contribution in [-0.2, 0) is 0 Å². The van der Waals surface area contributed by atoms with Crippen LogP contribution in [0.1, 0.15) is 32.1 Å². The van der Waals surface area contributed by atoms with Gasteiger partial charge in [0.05, 0.1) is 0 Å². The molecule has 0 saturated carbocycles. The molecule has 138 valence electrons. The summed E-state index contributed by atoms with van der Waals surface area (Å²) in [6, 6.07) is 0.786. The van der Waals surface area contributed by atoms with Crippen molar-refractivity contribution in [2.45, 2.75) is 38.1 Å². The Bertz CT molecular complexity index is 452. The van der Waals surface area contributed by atoms with Crippen LogP contribution in [0.5, 0.6) is 0 Å². The lowest BCUT2D eigenvalue weighted by molar-refractivity contribution is -0.0769. The van der Waals surface area contributed by atoms with E-state index in [9.17, 15) is 0 Å². The van der Waals surface area contributed by atoms with Gasteiger partial charge in [0.1, 0.15) is 0 Å². The average molecular weight is 558 g/mol. The van der Waals surface area contributed by atoms with Crippen molar-refractivity contribution in [2.24, 2.45) is 16.7 Å². The zero-order valence-electron chi connectivity index (χ0n) is 15.2. The summed E-state index contributed by atoms with van der Waals surface area (Å²) in [5.74, 6) is 0.858. The first-order chi connectivity index (χ1) is 11.4. The van der Waals surface area contributed by atoms with Crippen LogP contribution >= 0.6 is 45.7 Å². The lowest BCUT2D eigenvalue weighted by Gasteiger charge is -2.60. The molecule has 4 nitrogen and oxygen atoms in total. The second kappa shape index (κ2) is 7.04. The van der Waals surface area contributed by atoms with Gasteiger partial charge in [-0.1, -0.05) is 0 Å². The zero-order chi connectivity index (χ0) is 16.9. The molecule has 2 atom stereocenters. The summed E-state index contributed by atoms with van der Waals surface area (Å²) < 4.78 is 5.30. The topological polar surface area (TPSA) is 13.0 Å². The van der Waals surface area contributed by atoms with E-state index in [-0.39, 0.29) is 0 Å². The quantitative estimate of drug-likeness (QED) is 0.363. The predicted molar refractivity (Wildman–Crippen MR) is 117 cm³/mol. The van der Waals surface area contributed by atoms with Gasteiger partial charge in [0, 0.05) is 84.5 Å². The van der Waals surface area contributed by atoms with Gasteiger partial charge in [-0.2, -0.15) is 0 Å². The van der Waals surface area contributed by atoms with Gasteiger partial charge in [0.15, 0.2) is 0 Å². The molecule has 0 radical (unpaired) electrons. The Morgan fingerprint density at radius 1 is 0.833 bits per heavy atom. The lowest BCUT2D eigenvalue weighted by atomic mass is 9.58. The summed E-state index contributed by atoms with van der Waals surface area (Å²) in [7, 11) is 4.60. The summed E-state index contributed by atoms with van der Waals surface area (Å²) in [5.41, 5.74) is 1.25. The van der Waals surface area contributed by atoms with E-state index in [0.29, 0.717) is 10.8 Å². The van der Waals surface area contributed by atoms with Crippen molar-refractivity contribution in [2.75, 3.05) is 59.9 Å². The number of piperidine rings is 3. The molecule has 2 unspecified atom stereocenters. The summed E-state index contributed by atoms with van der Waals surface area (Å²) in [5, 5.41) is 0. The van der Waals surface area contributed by atoms with E-state index in [1.807, 2.05) is 0 Å². The first-order valence-corrected chi connectivity index (χ1v) is 11.5. The van der Waals surface area contributed by atoms with Crippen LogP contribution in [-0.4, -0.2) is 82.0 Å². The molecular weight excluding hydrogens is 526 g/mol. The third-order valence-electron chi connectivity index (χ3n) is 7.55. The van der Waals surface area contributed by atoms with Gasteiger partial charge in [-0.15, -0.1) is 0 Å². The number of hydrogen-bond acceptors (Lipinski definition) is 4. The molecule has 4 aliphatic heterocycles. The van der Waals surface area contributed by atoms with E-state index in [4.69, 9.17) is 0 Å². The van der Waals surface area contributed by atoms with E-state index >= 15 is 0 Å². The van der Waals surface area contributed by atoms with Crippen LogP contribution in [0.4, 0.5) is 0 Å². The standard InChI is InChI=1S/C18H32I2N4/c1-21-7-4-18(5-8-21)6-9-23(19)12-15(18)16-11-17(3-10-24(16)20)13-22(2)14-17/h15-16H,3-14H2,1-2H3. The molecule has 0 bridgehead atoms. The smallest absolute Gasteiger partial charge is 0.0246 e. The van der Waals surface area contributed by atoms with Gasteiger partial charge < -0.3 is 9.80 Å². The van der Waals surface area contributed by atoms with Crippen LogP contribution in [0, 0.1) is 16.7 Å². The molecule has 2 spiro atoms. The highest BCUT2D eigenvalue weighted by Gasteiger charge is 2.53. The van der Waals surface area contributed by atoms with Crippen molar-refractivity contribution in [3.63, 3.8) is 0 Å². The van der Waals surface area contributed by atoms with Gasteiger partial charge in [0.2, 0.25) is 0 Å². The second-order valence-electron chi connectivity index (χ2n) is 9.21. The van der Waals surface area contributed by atoms with Gasteiger partial charge in [-0.05, 0) is 76.0 Å². The first kappa shape index (κ1) is 18.7. The normalized spacial score (nSPS) is 38.5. The molecule has 4 saturated heterocycles. The zero-order valence-corrected chi connectivity index (χ0v) is 19.5. The van der Waals surface area contributed by atoms with Gasteiger partial charge in [-0.25, -0.2) is 6.23 Å². The highest BCUT2D eigenvalue weighted by atomic mass is 127. The molecule has 4 heterocycles. The number of hydrogen-bond donors (Lipinski definition) is 0. The van der Waals surface area contributed by atoms with E-state index in [2.05, 4.69) is 75.9 Å². The Balaban J connectivity index is 1.56. The van der Waals surface area contributed by atoms with Crippen LogP contribution in [0.25, 0.3) is 0 Å². The lowest BCUT2D eigenvalue weighted by Crippen LogP contribution is -2.64. The fraction of sp³-hybridized carbons (Fsp3) is 1.00. The van der Waals surface area contributed by atoms with E-state index in [1.165, 1.54) is 77.9 Å². The van der Waals surface area contributed by atoms with Crippen molar-refractivity contribution >= 4 is 45.7 Å². The van der Waals surface area contributed by atoms with Gasteiger partial charge in [-0.3, -0.25) is 0 Å². The van der Waals surface area contributed by atoms with Crippen LogP contribution in [0.2, 0.25) is 0 Å². The Kier molecular flexibility index (Phi) is 5.47. The molecule has 4 aliphatic rings. The fourth-order valence-corrected chi connectivity index (χ4v) is 7.61.